The van der Waals surface area contributed by atoms with E-state index >= 15 is 0 Å². The molecule has 1 aromatic heterocycles. The van der Waals surface area contributed by atoms with Crippen molar-refractivity contribution in [3.05, 3.63) is 56.2 Å². The van der Waals surface area contributed by atoms with Gasteiger partial charge >= 0.3 is 0 Å². The Morgan fingerprint density at radius 1 is 1.26 bits per heavy atom. The lowest BCUT2D eigenvalue weighted by Gasteiger charge is -2.13. The molecule has 4 rings (SSSR count). The largest absolute Gasteiger partial charge is 0.324 e. The Morgan fingerprint density at radius 3 is 2.89 bits per heavy atom. The van der Waals surface area contributed by atoms with E-state index in [1.54, 1.807) is 22.5 Å². The van der Waals surface area contributed by atoms with Gasteiger partial charge < -0.3 is 5.73 Å². The molecule has 4 atom stereocenters. The highest BCUT2D eigenvalue weighted by atomic mass is 79.9. The van der Waals surface area contributed by atoms with E-state index in [-0.39, 0.29) is 6.04 Å². The van der Waals surface area contributed by atoms with Crippen LogP contribution >= 0.6 is 27.3 Å². The summed E-state index contributed by atoms with van der Waals surface area (Å²) in [6.45, 7) is 0. The van der Waals surface area contributed by atoms with Gasteiger partial charge in [0, 0.05) is 15.9 Å². The van der Waals surface area contributed by atoms with Crippen LogP contribution in [0.4, 0.5) is 0 Å². The maximum atomic E-state index is 6.54. The monoisotopic (exact) mass is 333 g/mol. The molecule has 0 radical (unpaired) electrons. The standard InChI is InChI=1S/C16H16BrNS/c17-13-8-19-7-12(13)16(18)15-11-6-5-9-3-1-2-4-10(9)14(11)15/h1-4,7-8,11,14-16H,5-6,18H2. The first-order chi connectivity index (χ1) is 9.27. The second kappa shape index (κ2) is 4.44. The Bertz CT molecular complexity index is 621. The third kappa shape index (κ3) is 1.83. The summed E-state index contributed by atoms with van der Waals surface area (Å²) in [5.74, 6) is 2.14. The summed E-state index contributed by atoms with van der Waals surface area (Å²) < 4.78 is 1.18. The van der Waals surface area contributed by atoms with Crippen LogP contribution in [0, 0.1) is 11.8 Å². The van der Waals surface area contributed by atoms with E-state index in [0.29, 0.717) is 11.8 Å². The summed E-state index contributed by atoms with van der Waals surface area (Å²) >= 11 is 5.36. The molecule has 4 unspecified atom stereocenters. The van der Waals surface area contributed by atoms with Gasteiger partial charge in [-0.05, 0) is 68.6 Å². The smallest absolute Gasteiger partial charge is 0.0351 e. The van der Waals surface area contributed by atoms with Gasteiger partial charge in [-0.3, -0.25) is 0 Å². The number of halogens is 1. The van der Waals surface area contributed by atoms with Gasteiger partial charge in [0.15, 0.2) is 0 Å². The summed E-state index contributed by atoms with van der Waals surface area (Å²) in [4.78, 5) is 0. The molecule has 19 heavy (non-hydrogen) atoms. The second-order valence-electron chi connectivity index (χ2n) is 5.71. The number of hydrogen-bond donors (Lipinski definition) is 1. The minimum absolute atomic E-state index is 0.182. The fourth-order valence-electron chi connectivity index (χ4n) is 3.85. The van der Waals surface area contributed by atoms with Gasteiger partial charge in [-0.15, -0.1) is 0 Å². The van der Waals surface area contributed by atoms with Gasteiger partial charge in [0.25, 0.3) is 0 Å². The molecule has 1 aromatic carbocycles. The summed E-state index contributed by atoms with van der Waals surface area (Å²) in [6, 6.07) is 9.10. The lowest BCUT2D eigenvalue weighted by atomic mass is 9.92. The molecule has 0 amide bonds. The zero-order valence-corrected chi connectivity index (χ0v) is 13.0. The van der Waals surface area contributed by atoms with Crippen LogP contribution < -0.4 is 5.73 Å². The Labute approximate surface area is 126 Å². The van der Waals surface area contributed by atoms with Crippen LogP contribution in [0.25, 0.3) is 0 Å². The number of hydrogen-bond acceptors (Lipinski definition) is 2. The van der Waals surface area contributed by atoms with Crippen molar-refractivity contribution in [1.82, 2.24) is 0 Å². The van der Waals surface area contributed by atoms with E-state index in [1.165, 1.54) is 22.9 Å². The summed E-state index contributed by atoms with van der Waals surface area (Å²) in [7, 11) is 0. The van der Waals surface area contributed by atoms with Crippen molar-refractivity contribution >= 4 is 27.3 Å². The van der Waals surface area contributed by atoms with Crippen molar-refractivity contribution in [3.8, 4) is 0 Å². The summed E-state index contributed by atoms with van der Waals surface area (Å²) in [6.07, 6.45) is 2.53. The van der Waals surface area contributed by atoms with Gasteiger partial charge in [0.05, 0.1) is 0 Å². The highest BCUT2D eigenvalue weighted by molar-refractivity contribution is 9.10. The zero-order chi connectivity index (χ0) is 13.0. The van der Waals surface area contributed by atoms with Gasteiger partial charge in [0.2, 0.25) is 0 Å². The average Bonchev–Trinajstić information content (AvgIpc) is 3.04. The van der Waals surface area contributed by atoms with Crippen LogP contribution in [0.5, 0.6) is 0 Å². The van der Waals surface area contributed by atoms with E-state index in [9.17, 15) is 0 Å². The molecule has 0 saturated heterocycles. The Balaban J connectivity index is 1.66. The lowest BCUT2D eigenvalue weighted by Crippen LogP contribution is -2.13. The SMILES string of the molecule is NC(c1cscc1Br)C1C2CCc3ccccc3C21. The first kappa shape index (κ1) is 12.1. The third-order valence-electron chi connectivity index (χ3n) is 4.81. The van der Waals surface area contributed by atoms with Gasteiger partial charge in [-0.25, -0.2) is 0 Å². The fourth-order valence-corrected chi connectivity index (χ4v) is 5.45. The maximum Gasteiger partial charge on any atom is 0.0351 e. The van der Waals surface area contributed by atoms with Crippen molar-refractivity contribution in [1.29, 1.82) is 0 Å². The minimum atomic E-state index is 0.182. The van der Waals surface area contributed by atoms with E-state index in [4.69, 9.17) is 5.73 Å². The average molecular weight is 334 g/mol. The van der Waals surface area contributed by atoms with Crippen molar-refractivity contribution < 1.29 is 0 Å². The molecule has 0 bridgehead atoms. The zero-order valence-electron chi connectivity index (χ0n) is 10.6. The highest BCUT2D eigenvalue weighted by Crippen LogP contribution is 2.64. The number of thiophene rings is 1. The fraction of sp³-hybridized carbons (Fsp3) is 0.375. The molecule has 0 spiro atoms. The molecule has 0 aliphatic heterocycles. The molecule has 98 valence electrons. The Kier molecular flexibility index (Phi) is 2.83. The highest BCUT2D eigenvalue weighted by Gasteiger charge is 2.55. The molecule has 2 aromatic rings. The minimum Gasteiger partial charge on any atom is -0.324 e. The number of fused-ring (bicyclic) bond motifs is 3. The maximum absolute atomic E-state index is 6.54. The van der Waals surface area contributed by atoms with Crippen LogP contribution in [0.2, 0.25) is 0 Å². The van der Waals surface area contributed by atoms with Crippen molar-refractivity contribution in [2.24, 2.45) is 17.6 Å². The van der Waals surface area contributed by atoms with E-state index in [0.717, 1.165) is 5.92 Å². The molecule has 2 aliphatic rings. The van der Waals surface area contributed by atoms with Gasteiger partial charge in [0.1, 0.15) is 0 Å². The number of benzene rings is 1. The number of aryl methyl sites for hydroxylation is 1. The molecule has 1 fully saturated rings. The molecule has 2 N–H and O–H groups in total. The third-order valence-corrected chi connectivity index (χ3v) is 6.56. The van der Waals surface area contributed by atoms with Crippen LogP contribution in [0.3, 0.4) is 0 Å². The van der Waals surface area contributed by atoms with Crippen molar-refractivity contribution in [3.63, 3.8) is 0 Å². The summed E-state index contributed by atoms with van der Waals surface area (Å²) in [5.41, 5.74) is 10.9. The topological polar surface area (TPSA) is 26.0 Å². The quantitative estimate of drug-likeness (QED) is 0.861. The van der Waals surface area contributed by atoms with Crippen LogP contribution in [-0.2, 0) is 6.42 Å². The molecule has 1 saturated carbocycles. The van der Waals surface area contributed by atoms with Crippen LogP contribution in [-0.4, -0.2) is 0 Å². The van der Waals surface area contributed by atoms with Crippen LogP contribution in [0.15, 0.2) is 39.5 Å². The van der Waals surface area contributed by atoms with Crippen molar-refractivity contribution in [2.45, 2.75) is 24.8 Å². The van der Waals surface area contributed by atoms with Gasteiger partial charge in [-0.1, -0.05) is 24.3 Å². The first-order valence-corrected chi connectivity index (χ1v) is 8.56. The molecule has 1 heterocycles. The number of nitrogens with two attached hydrogens (primary N) is 1. The summed E-state index contributed by atoms with van der Waals surface area (Å²) in [5, 5.41) is 4.33. The molecular formula is C16H16BrNS. The normalized spacial score (nSPS) is 29.5. The Hall–Kier alpha value is -0.640. The van der Waals surface area contributed by atoms with Gasteiger partial charge in [-0.2, -0.15) is 11.3 Å². The van der Waals surface area contributed by atoms with E-state index in [1.807, 2.05) is 0 Å². The van der Waals surface area contributed by atoms with E-state index in [2.05, 4.69) is 51.0 Å². The lowest BCUT2D eigenvalue weighted by molar-refractivity contribution is 0.555. The number of rotatable bonds is 2. The van der Waals surface area contributed by atoms with Crippen LogP contribution in [0.1, 0.15) is 35.1 Å². The second-order valence-corrected chi connectivity index (χ2v) is 7.30. The predicted octanol–water partition coefficient (Wildman–Crippen LogP) is 4.49. The molecular weight excluding hydrogens is 318 g/mol. The molecule has 3 heteroatoms. The van der Waals surface area contributed by atoms with E-state index < -0.39 is 0 Å². The molecule has 2 aliphatic carbocycles. The molecule has 1 nitrogen and oxygen atoms in total. The predicted molar refractivity (Wildman–Crippen MR) is 83.4 cm³/mol. The first-order valence-electron chi connectivity index (χ1n) is 6.82. The Morgan fingerprint density at radius 2 is 2.11 bits per heavy atom. The van der Waals surface area contributed by atoms with Crippen molar-refractivity contribution in [2.75, 3.05) is 0 Å².